The molecule has 0 aliphatic heterocycles. The van der Waals surface area contributed by atoms with Gasteiger partial charge in [-0.15, -0.1) is 5.10 Å². The number of halogens is 1. The molecule has 0 saturated heterocycles. The van der Waals surface area contributed by atoms with Gasteiger partial charge in [0.15, 0.2) is 0 Å². The molecule has 1 heterocycles. The van der Waals surface area contributed by atoms with E-state index in [2.05, 4.69) is 23.9 Å². The van der Waals surface area contributed by atoms with E-state index in [0.717, 1.165) is 18.8 Å². The second-order valence-electron chi connectivity index (χ2n) is 3.83. The predicted octanol–water partition coefficient (Wildman–Crippen LogP) is 2.35. The molecule has 2 rings (SSSR count). The Labute approximate surface area is 111 Å². The maximum Gasteiger partial charge on any atom is 0.246 e. The molecule has 0 bridgehead atoms. The Hall–Kier alpha value is -1.75. The summed E-state index contributed by atoms with van der Waals surface area (Å²) in [6.07, 6.45) is 0. The molecule has 2 aromatic rings. The minimum atomic E-state index is 0.360. The number of rotatable bonds is 4. The summed E-state index contributed by atoms with van der Waals surface area (Å²) in [6, 6.07) is 7.36. The van der Waals surface area contributed by atoms with Crippen molar-refractivity contribution in [2.75, 3.05) is 23.7 Å². The van der Waals surface area contributed by atoms with E-state index in [4.69, 9.17) is 17.3 Å². The van der Waals surface area contributed by atoms with Crippen LogP contribution in [-0.4, -0.2) is 27.9 Å². The summed E-state index contributed by atoms with van der Waals surface area (Å²) < 4.78 is 1.60. The number of nitrogen functional groups attached to an aromatic ring is 1. The Morgan fingerprint density at radius 3 is 2.67 bits per heavy atom. The zero-order valence-corrected chi connectivity index (χ0v) is 11.2. The summed E-state index contributed by atoms with van der Waals surface area (Å²) >= 11 is 5.96. The number of nitrogens with two attached hydrogens (primary N) is 1. The Morgan fingerprint density at radius 2 is 2.06 bits per heavy atom. The van der Waals surface area contributed by atoms with Crippen molar-refractivity contribution in [3.8, 4) is 5.69 Å². The first-order valence-corrected chi connectivity index (χ1v) is 6.27. The quantitative estimate of drug-likeness (QED) is 0.922. The van der Waals surface area contributed by atoms with Crippen LogP contribution < -0.4 is 10.6 Å². The zero-order valence-electron chi connectivity index (χ0n) is 10.5. The molecule has 18 heavy (non-hydrogen) atoms. The summed E-state index contributed by atoms with van der Waals surface area (Å²) in [5, 5.41) is 5.06. The van der Waals surface area contributed by atoms with Gasteiger partial charge in [-0.2, -0.15) is 9.67 Å². The van der Waals surface area contributed by atoms with Crippen LogP contribution in [0.5, 0.6) is 0 Å². The molecule has 96 valence electrons. The first-order chi connectivity index (χ1) is 8.65. The van der Waals surface area contributed by atoms with Gasteiger partial charge in [-0.05, 0) is 32.0 Å². The van der Waals surface area contributed by atoms with Crippen molar-refractivity contribution in [2.24, 2.45) is 0 Å². The third-order valence-electron chi connectivity index (χ3n) is 2.72. The summed E-state index contributed by atoms with van der Waals surface area (Å²) in [6.45, 7) is 5.80. The topological polar surface area (TPSA) is 60.0 Å². The van der Waals surface area contributed by atoms with Crippen molar-refractivity contribution >= 4 is 23.5 Å². The minimum absolute atomic E-state index is 0.360. The normalized spacial score (nSPS) is 10.6. The highest BCUT2D eigenvalue weighted by Crippen LogP contribution is 2.19. The number of benzene rings is 1. The summed E-state index contributed by atoms with van der Waals surface area (Å²) in [5.74, 6) is 0.997. The first-order valence-electron chi connectivity index (χ1n) is 5.89. The third-order valence-corrected chi connectivity index (χ3v) is 2.96. The lowest BCUT2D eigenvalue weighted by molar-refractivity contribution is 0.802. The maximum atomic E-state index is 5.96. The molecule has 2 N–H and O–H groups in total. The van der Waals surface area contributed by atoms with Crippen LogP contribution >= 0.6 is 11.6 Å². The molecular formula is C12H16ClN5. The van der Waals surface area contributed by atoms with E-state index in [0.29, 0.717) is 16.9 Å². The molecule has 1 aromatic heterocycles. The molecular weight excluding hydrogens is 250 g/mol. The van der Waals surface area contributed by atoms with Gasteiger partial charge in [0.1, 0.15) is 0 Å². The number of nitrogens with zero attached hydrogens (tertiary/aromatic N) is 4. The highest BCUT2D eigenvalue weighted by molar-refractivity contribution is 6.30. The largest absolute Gasteiger partial charge is 0.368 e. The highest BCUT2D eigenvalue weighted by atomic mass is 35.5. The summed E-state index contributed by atoms with van der Waals surface area (Å²) in [7, 11) is 0. The molecule has 6 heteroatoms. The molecule has 0 spiro atoms. The summed E-state index contributed by atoms with van der Waals surface area (Å²) in [4.78, 5) is 6.31. The van der Waals surface area contributed by atoms with E-state index in [-0.39, 0.29) is 0 Å². The van der Waals surface area contributed by atoms with Gasteiger partial charge < -0.3 is 10.6 Å². The Bertz CT molecular complexity index is 533. The highest BCUT2D eigenvalue weighted by Gasteiger charge is 2.12. The van der Waals surface area contributed by atoms with Crippen LogP contribution in [0.4, 0.5) is 11.9 Å². The Morgan fingerprint density at radius 1 is 1.33 bits per heavy atom. The van der Waals surface area contributed by atoms with Crippen LogP contribution in [0.1, 0.15) is 13.8 Å². The van der Waals surface area contributed by atoms with Gasteiger partial charge >= 0.3 is 0 Å². The number of anilines is 2. The van der Waals surface area contributed by atoms with E-state index < -0.39 is 0 Å². The Balaban J connectivity index is 2.40. The van der Waals surface area contributed by atoms with Gasteiger partial charge in [0.05, 0.1) is 5.69 Å². The molecule has 0 saturated carbocycles. The SMILES string of the molecule is CCN(CC)c1nc(N)n(-c2cccc(Cl)c2)n1. The van der Waals surface area contributed by atoms with E-state index in [9.17, 15) is 0 Å². The number of aromatic nitrogens is 3. The molecule has 5 nitrogen and oxygen atoms in total. The fourth-order valence-corrected chi connectivity index (χ4v) is 1.94. The molecule has 0 amide bonds. The van der Waals surface area contributed by atoms with Gasteiger partial charge in [0.2, 0.25) is 11.9 Å². The van der Waals surface area contributed by atoms with Crippen molar-refractivity contribution in [1.29, 1.82) is 0 Å². The van der Waals surface area contributed by atoms with Crippen LogP contribution in [0.2, 0.25) is 5.02 Å². The lowest BCUT2D eigenvalue weighted by Crippen LogP contribution is -2.23. The average Bonchev–Trinajstić information content (AvgIpc) is 2.73. The van der Waals surface area contributed by atoms with Crippen LogP contribution in [0.3, 0.4) is 0 Å². The molecule has 0 atom stereocenters. The van der Waals surface area contributed by atoms with Crippen LogP contribution in [0.15, 0.2) is 24.3 Å². The van der Waals surface area contributed by atoms with Crippen molar-refractivity contribution in [1.82, 2.24) is 14.8 Å². The Kier molecular flexibility index (Phi) is 3.72. The van der Waals surface area contributed by atoms with Crippen molar-refractivity contribution in [2.45, 2.75) is 13.8 Å². The van der Waals surface area contributed by atoms with Gasteiger partial charge in [0.25, 0.3) is 0 Å². The van der Waals surface area contributed by atoms with Gasteiger partial charge in [-0.25, -0.2) is 0 Å². The van der Waals surface area contributed by atoms with Crippen molar-refractivity contribution in [3.05, 3.63) is 29.3 Å². The molecule has 0 fully saturated rings. The van der Waals surface area contributed by atoms with Crippen LogP contribution in [-0.2, 0) is 0 Å². The van der Waals surface area contributed by atoms with E-state index in [1.807, 2.05) is 23.1 Å². The lowest BCUT2D eigenvalue weighted by atomic mass is 10.3. The van der Waals surface area contributed by atoms with Gasteiger partial charge in [-0.1, -0.05) is 17.7 Å². The van der Waals surface area contributed by atoms with Crippen LogP contribution in [0, 0.1) is 0 Å². The van der Waals surface area contributed by atoms with Crippen molar-refractivity contribution in [3.63, 3.8) is 0 Å². The fourth-order valence-electron chi connectivity index (χ4n) is 1.75. The molecule has 0 radical (unpaired) electrons. The second-order valence-corrected chi connectivity index (χ2v) is 4.27. The fraction of sp³-hybridized carbons (Fsp3) is 0.333. The first kappa shape index (κ1) is 12.7. The minimum Gasteiger partial charge on any atom is -0.368 e. The van der Waals surface area contributed by atoms with Crippen LogP contribution in [0.25, 0.3) is 5.69 Å². The maximum absolute atomic E-state index is 5.96. The zero-order chi connectivity index (χ0) is 13.1. The average molecular weight is 266 g/mol. The number of hydrogen-bond donors (Lipinski definition) is 1. The molecule has 0 unspecified atom stereocenters. The standard InChI is InChI=1S/C12H16ClN5/c1-3-17(4-2)12-15-11(14)18(16-12)10-7-5-6-9(13)8-10/h5-8H,3-4H2,1-2H3,(H2,14,15,16). The smallest absolute Gasteiger partial charge is 0.246 e. The second kappa shape index (κ2) is 5.27. The molecule has 0 aliphatic rings. The molecule has 0 aliphatic carbocycles. The predicted molar refractivity (Wildman–Crippen MR) is 74.3 cm³/mol. The monoisotopic (exact) mass is 265 g/mol. The van der Waals surface area contributed by atoms with E-state index >= 15 is 0 Å². The summed E-state index contributed by atoms with van der Waals surface area (Å²) in [5.41, 5.74) is 6.70. The van der Waals surface area contributed by atoms with Gasteiger partial charge in [0, 0.05) is 18.1 Å². The third kappa shape index (κ3) is 2.41. The van der Waals surface area contributed by atoms with E-state index in [1.54, 1.807) is 10.7 Å². The van der Waals surface area contributed by atoms with Crippen molar-refractivity contribution < 1.29 is 0 Å². The van der Waals surface area contributed by atoms with E-state index in [1.165, 1.54) is 0 Å². The number of hydrogen-bond acceptors (Lipinski definition) is 4. The molecule has 1 aromatic carbocycles. The van der Waals surface area contributed by atoms with Gasteiger partial charge in [-0.3, -0.25) is 0 Å². The lowest BCUT2D eigenvalue weighted by Gasteiger charge is -2.15.